The van der Waals surface area contributed by atoms with Crippen LogP contribution in [-0.4, -0.2) is 52.9 Å². The molecule has 1 aromatic carbocycles. The SMILES string of the molecule is O=C(COc1ccccc1F)N1C[C@@H](O)[C@@H](O)C1. The van der Waals surface area contributed by atoms with E-state index in [2.05, 4.69) is 0 Å². The maximum Gasteiger partial charge on any atom is 0.260 e. The highest BCUT2D eigenvalue weighted by Crippen LogP contribution is 2.16. The van der Waals surface area contributed by atoms with E-state index < -0.39 is 23.9 Å². The summed E-state index contributed by atoms with van der Waals surface area (Å²) in [5, 5.41) is 18.6. The van der Waals surface area contributed by atoms with Crippen molar-refractivity contribution in [3.63, 3.8) is 0 Å². The van der Waals surface area contributed by atoms with Gasteiger partial charge in [0, 0.05) is 13.1 Å². The summed E-state index contributed by atoms with van der Waals surface area (Å²) in [6.45, 7) is -0.179. The van der Waals surface area contributed by atoms with Crippen LogP contribution < -0.4 is 4.74 Å². The number of nitrogens with zero attached hydrogens (tertiary/aromatic N) is 1. The molecule has 1 aromatic rings. The van der Waals surface area contributed by atoms with Crippen LogP contribution in [0.2, 0.25) is 0 Å². The quantitative estimate of drug-likeness (QED) is 0.782. The molecule has 0 radical (unpaired) electrons. The van der Waals surface area contributed by atoms with E-state index in [9.17, 15) is 19.4 Å². The molecule has 1 aliphatic rings. The van der Waals surface area contributed by atoms with E-state index >= 15 is 0 Å². The van der Waals surface area contributed by atoms with Gasteiger partial charge in [0.2, 0.25) is 0 Å². The number of hydrogen-bond acceptors (Lipinski definition) is 4. The Morgan fingerprint density at radius 1 is 1.33 bits per heavy atom. The Labute approximate surface area is 103 Å². The molecule has 1 saturated heterocycles. The number of carbonyl (C=O) groups excluding carboxylic acids is 1. The molecule has 0 unspecified atom stereocenters. The van der Waals surface area contributed by atoms with Gasteiger partial charge in [0.05, 0.1) is 12.2 Å². The molecule has 98 valence electrons. The molecule has 1 heterocycles. The lowest BCUT2D eigenvalue weighted by molar-refractivity contribution is -0.132. The number of likely N-dealkylation sites (tertiary alicyclic amines) is 1. The number of aliphatic hydroxyl groups is 2. The number of β-amino-alcohol motifs (C(OH)–C–C–N with tert-alkyl or cyclic N) is 2. The molecular formula is C12H14FNO4. The van der Waals surface area contributed by atoms with E-state index in [0.29, 0.717) is 0 Å². The minimum Gasteiger partial charge on any atom is -0.481 e. The number of aliphatic hydroxyl groups excluding tert-OH is 2. The van der Waals surface area contributed by atoms with Crippen molar-refractivity contribution >= 4 is 5.91 Å². The van der Waals surface area contributed by atoms with Crippen LogP contribution >= 0.6 is 0 Å². The lowest BCUT2D eigenvalue weighted by Gasteiger charge is -2.15. The monoisotopic (exact) mass is 255 g/mol. The number of carbonyl (C=O) groups is 1. The van der Waals surface area contributed by atoms with Gasteiger partial charge in [-0.3, -0.25) is 4.79 Å². The van der Waals surface area contributed by atoms with Crippen molar-refractivity contribution in [1.29, 1.82) is 0 Å². The summed E-state index contributed by atoms with van der Waals surface area (Å²) in [4.78, 5) is 13.0. The minimum atomic E-state index is -0.928. The predicted octanol–water partition coefficient (Wildman–Crippen LogP) is -0.231. The molecule has 2 rings (SSSR count). The number of rotatable bonds is 3. The third-order valence-corrected chi connectivity index (χ3v) is 2.80. The van der Waals surface area contributed by atoms with E-state index in [0.717, 1.165) is 0 Å². The van der Waals surface area contributed by atoms with Crippen molar-refractivity contribution < 1.29 is 24.1 Å². The van der Waals surface area contributed by atoms with Crippen LogP contribution in [0, 0.1) is 5.82 Å². The molecule has 0 aromatic heterocycles. The fourth-order valence-corrected chi connectivity index (χ4v) is 1.77. The van der Waals surface area contributed by atoms with Crippen LogP contribution in [0.15, 0.2) is 24.3 Å². The summed E-state index contributed by atoms with van der Waals surface area (Å²) < 4.78 is 18.3. The zero-order valence-electron chi connectivity index (χ0n) is 9.62. The van der Waals surface area contributed by atoms with Crippen LogP contribution in [0.5, 0.6) is 5.75 Å². The van der Waals surface area contributed by atoms with Crippen molar-refractivity contribution in [2.45, 2.75) is 12.2 Å². The first-order valence-corrected chi connectivity index (χ1v) is 5.59. The number of ether oxygens (including phenoxy) is 1. The van der Waals surface area contributed by atoms with Crippen molar-refractivity contribution in [3.8, 4) is 5.75 Å². The number of hydrogen-bond donors (Lipinski definition) is 2. The first-order chi connectivity index (χ1) is 8.58. The molecule has 2 N–H and O–H groups in total. The average Bonchev–Trinajstić information content (AvgIpc) is 2.68. The van der Waals surface area contributed by atoms with E-state index in [-0.39, 0.29) is 25.4 Å². The first-order valence-electron chi connectivity index (χ1n) is 5.59. The summed E-state index contributed by atoms with van der Waals surface area (Å²) in [7, 11) is 0. The van der Waals surface area contributed by atoms with Gasteiger partial charge in [-0.05, 0) is 12.1 Å². The second-order valence-corrected chi connectivity index (χ2v) is 4.15. The maximum atomic E-state index is 13.2. The highest BCUT2D eigenvalue weighted by Gasteiger charge is 2.32. The molecule has 6 heteroatoms. The van der Waals surface area contributed by atoms with Crippen molar-refractivity contribution in [1.82, 2.24) is 4.90 Å². The molecule has 1 amide bonds. The zero-order valence-corrected chi connectivity index (χ0v) is 9.62. The van der Waals surface area contributed by atoms with Gasteiger partial charge in [0.25, 0.3) is 5.91 Å². The number of halogens is 1. The van der Waals surface area contributed by atoms with E-state index in [4.69, 9.17) is 4.74 Å². The van der Waals surface area contributed by atoms with Gasteiger partial charge in [-0.15, -0.1) is 0 Å². The Bertz CT molecular complexity index is 430. The smallest absolute Gasteiger partial charge is 0.260 e. The van der Waals surface area contributed by atoms with Gasteiger partial charge >= 0.3 is 0 Å². The summed E-state index contributed by atoms with van der Waals surface area (Å²) >= 11 is 0. The second kappa shape index (κ2) is 5.32. The third kappa shape index (κ3) is 2.77. The van der Waals surface area contributed by atoms with Gasteiger partial charge in [-0.2, -0.15) is 0 Å². The molecule has 1 aliphatic heterocycles. The molecular weight excluding hydrogens is 241 g/mol. The lowest BCUT2D eigenvalue weighted by Crippen LogP contribution is -2.34. The zero-order chi connectivity index (χ0) is 13.1. The lowest BCUT2D eigenvalue weighted by atomic mass is 10.3. The van der Waals surface area contributed by atoms with Gasteiger partial charge in [-0.1, -0.05) is 12.1 Å². The number of para-hydroxylation sites is 1. The van der Waals surface area contributed by atoms with Crippen LogP contribution in [0.3, 0.4) is 0 Å². The molecule has 5 nitrogen and oxygen atoms in total. The van der Waals surface area contributed by atoms with Crippen LogP contribution in [0.25, 0.3) is 0 Å². The Morgan fingerprint density at radius 3 is 2.56 bits per heavy atom. The topological polar surface area (TPSA) is 70.0 Å². The molecule has 2 atom stereocenters. The van der Waals surface area contributed by atoms with Crippen LogP contribution in [0.1, 0.15) is 0 Å². The normalized spacial score (nSPS) is 23.2. The third-order valence-electron chi connectivity index (χ3n) is 2.80. The molecule has 18 heavy (non-hydrogen) atoms. The Morgan fingerprint density at radius 2 is 1.94 bits per heavy atom. The van der Waals surface area contributed by atoms with Gasteiger partial charge in [0.1, 0.15) is 0 Å². The summed E-state index contributed by atoms with van der Waals surface area (Å²) in [5.74, 6) is -0.924. The Balaban J connectivity index is 1.88. The molecule has 0 spiro atoms. The van der Waals surface area contributed by atoms with Crippen molar-refractivity contribution in [3.05, 3.63) is 30.1 Å². The van der Waals surface area contributed by atoms with Gasteiger partial charge in [-0.25, -0.2) is 4.39 Å². The Hall–Kier alpha value is -1.66. The van der Waals surface area contributed by atoms with Crippen molar-refractivity contribution in [2.24, 2.45) is 0 Å². The molecule has 0 bridgehead atoms. The van der Waals surface area contributed by atoms with E-state index in [1.54, 1.807) is 6.07 Å². The fourth-order valence-electron chi connectivity index (χ4n) is 1.77. The average molecular weight is 255 g/mol. The fraction of sp³-hybridized carbons (Fsp3) is 0.417. The molecule has 0 saturated carbocycles. The van der Waals surface area contributed by atoms with Gasteiger partial charge < -0.3 is 19.8 Å². The van der Waals surface area contributed by atoms with E-state index in [1.807, 2.05) is 0 Å². The second-order valence-electron chi connectivity index (χ2n) is 4.15. The highest BCUT2D eigenvalue weighted by molar-refractivity contribution is 5.78. The number of benzene rings is 1. The highest BCUT2D eigenvalue weighted by atomic mass is 19.1. The minimum absolute atomic E-state index is 0.00569. The van der Waals surface area contributed by atoms with Crippen LogP contribution in [0.4, 0.5) is 4.39 Å². The van der Waals surface area contributed by atoms with E-state index in [1.165, 1.54) is 23.1 Å². The predicted molar refractivity (Wildman–Crippen MR) is 60.5 cm³/mol. The summed E-state index contributed by atoms with van der Waals surface area (Å²) in [6, 6.07) is 5.79. The first kappa shape index (κ1) is 12.8. The largest absolute Gasteiger partial charge is 0.481 e. The molecule has 0 aliphatic carbocycles. The van der Waals surface area contributed by atoms with Crippen LogP contribution in [-0.2, 0) is 4.79 Å². The molecule has 1 fully saturated rings. The maximum absolute atomic E-state index is 13.2. The number of amides is 1. The summed E-state index contributed by atoms with van der Waals surface area (Å²) in [5.41, 5.74) is 0. The standard InChI is InChI=1S/C12H14FNO4/c13-8-3-1-2-4-11(8)18-7-12(17)14-5-9(15)10(16)6-14/h1-4,9-10,15-16H,5-7H2/t9-,10+. The summed E-state index contributed by atoms with van der Waals surface area (Å²) in [6.07, 6.45) is -1.86. The Kier molecular flexibility index (Phi) is 3.78. The van der Waals surface area contributed by atoms with Gasteiger partial charge in [0.15, 0.2) is 18.2 Å². The van der Waals surface area contributed by atoms with Crippen molar-refractivity contribution in [2.75, 3.05) is 19.7 Å².